The van der Waals surface area contributed by atoms with E-state index >= 15 is 0 Å². The lowest BCUT2D eigenvalue weighted by atomic mass is 10.0. The molecule has 0 amide bonds. The van der Waals surface area contributed by atoms with E-state index in [1.54, 1.807) is 32.9 Å². The number of aliphatic hydroxyl groups is 2. The number of allylic oxidation sites excluding steroid dienone is 1. The Balaban J connectivity index is 3.88. The second-order valence-corrected chi connectivity index (χ2v) is 2.62. The smallest absolute Gasteiger partial charge is 0.100 e. The third-order valence-electron chi connectivity index (χ3n) is 1.10. The lowest BCUT2D eigenvalue weighted by molar-refractivity contribution is -0.0226. The molecular formula is C7H14O2. The summed E-state index contributed by atoms with van der Waals surface area (Å²) >= 11 is 0. The highest BCUT2D eigenvalue weighted by atomic mass is 16.3. The van der Waals surface area contributed by atoms with Crippen LogP contribution in [0.5, 0.6) is 0 Å². The van der Waals surface area contributed by atoms with Crippen molar-refractivity contribution in [2.24, 2.45) is 0 Å². The summed E-state index contributed by atoms with van der Waals surface area (Å²) in [4.78, 5) is 0. The van der Waals surface area contributed by atoms with Gasteiger partial charge in [-0.3, -0.25) is 0 Å². The third kappa shape index (κ3) is 3.27. The average molecular weight is 130 g/mol. The molecule has 0 aromatic rings. The molecule has 0 rings (SSSR count). The minimum Gasteiger partial charge on any atom is -0.387 e. The number of aliphatic hydroxyl groups excluding tert-OH is 1. The molecule has 0 heterocycles. The van der Waals surface area contributed by atoms with Gasteiger partial charge < -0.3 is 10.2 Å². The quantitative estimate of drug-likeness (QED) is 0.540. The fraction of sp³-hybridized carbons (Fsp3) is 0.714. The molecule has 0 unspecified atom stereocenters. The van der Waals surface area contributed by atoms with Gasteiger partial charge in [-0.1, -0.05) is 12.2 Å². The molecule has 0 saturated carbocycles. The maximum atomic E-state index is 9.12. The van der Waals surface area contributed by atoms with Gasteiger partial charge in [-0.15, -0.1) is 0 Å². The van der Waals surface area contributed by atoms with E-state index in [-0.39, 0.29) is 0 Å². The van der Waals surface area contributed by atoms with E-state index in [4.69, 9.17) is 10.2 Å². The molecule has 0 saturated heterocycles. The average Bonchev–Trinajstić information content (AvgIpc) is 1.64. The van der Waals surface area contributed by atoms with E-state index in [2.05, 4.69) is 0 Å². The van der Waals surface area contributed by atoms with Crippen molar-refractivity contribution in [3.8, 4) is 0 Å². The number of hydrogen-bond acceptors (Lipinski definition) is 2. The summed E-state index contributed by atoms with van der Waals surface area (Å²) in [6.45, 7) is 4.93. The van der Waals surface area contributed by atoms with Gasteiger partial charge in [0.25, 0.3) is 0 Å². The molecule has 0 spiro atoms. The Labute approximate surface area is 55.8 Å². The van der Waals surface area contributed by atoms with Gasteiger partial charge in [0.15, 0.2) is 0 Å². The van der Waals surface area contributed by atoms with Crippen LogP contribution >= 0.6 is 0 Å². The Morgan fingerprint density at radius 3 is 2.00 bits per heavy atom. The summed E-state index contributed by atoms with van der Waals surface area (Å²) in [6.07, 6.45) is 2.50. The predicted octanol–water partition coefficient (Wildman–Crippen LogP) is 0.694. The van der Waals surface area contributed by atoms with Gasteiger partial charge in [0.05, 0.1) is 5.60 Å². The van der Waals surface area contributed by atoms with Crippen LogP contribution in [0.15, 0.2) is 12.2 Å². The predicted molar refractivity (Wildman–Crippen MR) is 37.1 cm³/mol. The van der Waals surface area contributed by atoms with Crippen LogP contribution in [0.3, 0.4) is 0 Å². The van der Waals surface area contributed by atoms with Crippen LogP contribution in [-0.4, -0.2) is 21.9 Å². The van der Waals surface area contributed by atoms with Crippen molar-refractivity contribution in [1.82, 2.24) is 0 Å². The first kappa shape index (κ1) is 8.66. The zero-order valence-corrected chi connectivity index (χ0v) is 6.13. The highest BCUT2D eigenvalue weighted by Gasteiger charge is 2.20. The van der Waals surface area contributed by atoms with Gasteiger partial charge in [0, 0.05) is 0 Å². The summed E-state index contributed by atoms with van der Waals surface area (Å²) in [5, 5.41) is 18.2. The van der Waals surface area contributed by atoms with Crippen molar-refractivity contribution in [1.29, 1.82) is 0 Å². The summed E-state index contributed by atoms with van der Waals surface area (Å²) in [6, 6.07) is 0. The Hall–Kier alpha value is -0.340. The number of rotatable bonds is 2. The lowest BCUT2D eigenvalue weighted by Gasteiger charge is -2.20. The maximum Gasteiger partial charge on any atom is 0.100 e. The molecule has 0 aromatic carbocycles. The van der Waals surface area contributed by atoms with Crippen LogP contribution in [0.2, 0.25) is 0 Å². The van der Waals surface area contributed by atoms with Crippen molar-refractivity contribution < 1.29 is 10.2 Å². The van der Waals surface area contributed by atoms with Gasteiger partial charge in [-0.2, -0.15) is 0 Å². The van der Waals surface area contributed by atoms with E-state index in [1.807, 2.05) is 0 Å². The molecule has 0 aliphatic carbocycles. The minimum atomic E-state index is -1.02. The van der Waals surface area contributed by atoms with Gasteiger partial charge >= 0.3 is 0 Å². The number of hydrogen-bond donors (Lipinski definition) is 2. The molecular weight excluding hydrogens is 116 g/mol. The first-order valence-electron chi connectivity index (χ1n) is 3.01. The van der Waals surface area contributed by atoms with Crippen molar-refractivity contribution in [2.75, 3.05) is 0 Å². The second-order valence-electron chi connectivity index (χ2n) is 2.62. The standard InChI is InChI=1S/C7H14O2/c1-4-5-6(8)7(2,3)9/h4-6,8-9H,1-3H3/b5-4+/t6-/m0/s1. The Kier molecular flexibility index (Phi) is 2.88. The minimum absolute atomic E-state index is 0.762. The highest BCUT2D eigenvalue weighted by Crippen LogP contribution is 2.08. The van der Waals surface area contributed by atoms with E-state index in [0.29, 0.717) is 0 Å². The molecule has 0 aromatic heterocycles. The maximum absolute atomic E-state index is 9.12. The summed E-state index contributed by atoms with van der Waals surface area (Å²) in [5.41, 5.74) is -1.02. The largest absolute Gasteiger partial charge is 0.387 e. The molecule has 2 nitrogen and oxygen atoms in total. The van der Waals surface area contributed by atoms with Gasteiger partial charge in [-0.05, 0) is 20.8 Å². The van der Waals surface area contributed by atoms with Gasteiger partial charge in [0.2, 0.25) is 0 Å². The second kappa shape index (κ2) is 2.99. The van der Waals surface area contributed by atoms with Crippen molar-refractivity contribution in [3.63, 3.8) is 0 Å². The van der Waals surface area contributed by atoms with Gasteiger partial charge in [0.1, 0.15) is 6.10 Å². The fourth-order valence-electron chi connectivity index (χ4n) is 0.418. The van der Waals surface area contributed by atoms with E-state index in [0.717, 1.165) is 0 Å². The van der Waals surface area contributed by atoms with E-state index < -0.39 is 11.7 Å². The fourth-order valence-corrected chi connectivity index (χ4v) is 0.418. The molecule has 0 radical (unpaired) electrons. The van der Waals surface area contributed by atoms with Crippen LogP contribution in [0.25, 0.3) is 0 Å². The highest BCUT2D eigenvalue weighted by molar-refractivity contribution is 4.94. The van der Waals surface area contributed by atoms with Crippen molar-refractivity contribution >= 4 is 0 Å². The van der Waals surface area contributed by atoms with Crippen LogP contribution < -0.4 is 0 Å². The monoisotopic (exact) mass is 130 g/mol. The molecule has 0 aliphatic heterocycles. The molecule has 9 heavy (non-hydrogen) atoms. The van der Waals surface area contributed by atoms with Crippen molar-refractivity contribution in [2.45, 2.75) is 32.5 Å². The zero-order valence-electron chi connectivity index (χ0n) is 6.13. The van der Waals surface area contributed by atoms with E-state index in [9.17, 15) is 0 Å². The summed E-state index contributed by atoms with van der Waals surface area (Å²) in [5.74, 6) is 0. The third-order valence-corrected chi connectivity index (χ3v) is 1.10. The Bertz CT molecular complexity index is 100.0. The van der Waals surface area contributed by atoms with Crippen LogP contribution in [0.1, 0.15) is 20.8 Å². The molecule has 0 bridgehead atoms. The SMILES string of the molecule is C/C=C/[C@H](O)C(C)(C)O. The van der Waals surface area contributed by atoms with Crippen LogP contribution in [0, 0.1) is 0 Å². The molecule has 2 heteroatoms. The Morgan fingerprint density at radius 2 is 1.89 bits per heavy atom. The summed E-state index contributed by atoms with van der Waals surface area (Å²) in [7, 11) is 0. The van der Waals surface area contributed by atoms with Crippen LogP contribution in [0.4, 0.5) is 0 Å². The normalized spacial score (nSPS) is 16.6. The lowest BCUT2D eigenvalue weighted by Crippen LogP contribution is -2.33. The first-order chi connectivity index (χ1) is 3.98. The molecule has 1 atom stereocenters. The first-order valence-corrected chi connectivity index (χ1v) is 3.01. The zero-order chi connectivity index (χ0) is 7.49. The Morgan fingerprint density at radius 1 is 1.44 bits per heavy atom. The molecule has 2 N–H and O–H groups in total. The van der Waals surface area contributed by atoms with Gasteiger partial charge in [-0.25, -0.2) is 0 Å². The molecule has 0 fully saturated rings. The van der Waals surface area contributed by atoms with E-state index in [1.165, 1.54) is 0 Å². The summed E-state index contributed by atoms with van der Waals surface area (Å²) < 4.78 is 0. The topological polar surface area (TPSA) is 40.5 Å². The van der Waals surface area contributed by atoms with Crippen LogP contribution in [-0.2, 0) is 0 Å². The van der Waals surface area contributed by atoms with Crippen molar-refractivity contribution in [3.05, 3.63) is 12.2 Å². The molecule has 0 aliphatic rings. The molecule has 54 valence electrons.